The molecule has 0 aromatic rings. The van der Waals surface area contributed by atoms with Crippen molar-refractivity contribution in [2.75, 3.05) is 13.1 Å². The molecule has 1 rings (SSSR count). The number of nitrogens with two attached hydrogens (primary N) is 1. The van der Waals surface area contributed by atoms with Crippen molar-refractivity contribution in [1.82, 2.24) is 4.90 Å². The zero-order valence-corrected chi connectivity index (χ0v) is 9.65. The van der Waals surface area contributed by atoms with E-state index >= 15 is 0 Å². The second-order valence-corrected chi connectivity index (χ2v) is 4.42. The van der Waals surface area contributed by atoms with Crippen molar-refractivity contribution in [1.29, 1.82) is 0 Å². The number of amides is 1. The van der Waals surface area contributed by atoms with Crippen molar-refractivity contribution >= 4 is 5.91 Å². The average Bonchev–Trinajstić information content (AvgIpc) is 2.27. The Labute approximate surface area is 91.4 Å². The van der Waals surface area contributed by atoms with Gasteiger partial charge in [-0.15, -0.1) is 0 Å². The molecule has 15 heavy (non-hydrogen) atoms. The Balaban J connectivity index is 2.40. The Hall–Kier alpha value is -0.610. The molecule has 88 valence electrons. The Morgan fingerprint density at radius 1 is 1.53 bits per heavy atom. The van der Waals surface area contributed by atoms with E-state index in [-0.39, 0.29) is 18.1 Å². The van der Waals surface area contributed by atoms with Crippen molar-refractivity contribution in [3.63, 3.8) is 0 Å². The predicted molar refractivity (Wildman–Crippen MR) is 59.3 cm³/mol. The Morgan fingerprint density at radius 2 is 2.07 bits per heavy atom. The topological polar surface area (TPSA) is 66.6 Å². The molecule has 0 aromatic heterocycles. The maximum absolute atomic E-state index is 11.7. The van der Waals surface area contributed by atoms with Gasteiger partial charge in [-0.25, -0.2) is 0 Å². The molecule has 1 aliphatic rings. The molecule has 1 fully saturated rings. The first-order chi connectivity index (χ1) is 7.06. The molecular formula is C11H22N2O2. The van der Waals surface area contributed by atoms with Gasteiger partial charge in [0.25, 0.3) is 0 Å². The zero-order chi connectivity index (χ0) is 11.4. The van der Waals surface area contributed by atoms with Gasteiger partial charge in [-0.2, -0.15) is 0 Å². The molecule has 1 heterocycles. The maximum Gasteiger partial charge on any atom is 0.239 e. The maximum atomic E-state index is 11.7. The quantitative estimate of drug-likeness (QED) is 0.712. The van der Waals surface area contributed by atoms with E-state index in [1.54, 1.807) is 0 Å². The van der Waals surface area contributed by atoms with Crippen LogP contribution >= 0.6 is 0 Å². The van der Waals surface area contributed by atoms with Crippen LogP contribution in [0.4, 0.5) is 0 Å². The van der Waals surface area contributed by atoms with Crippen molar-refractivity contribution in [2.24, 2.45) is 11.7 Å². The highest BCUT2D eigenvalue weighted by atomic mass is 16.3. The molecule has 0 saturated carbocycles. The van der Waals surface area contributed by atoms with Gasteiger partial charge in [0, 0.05) is 13.1 Å². The van der Waals surface area contributed by atoms with Crippen LogP contribution in [0.25, 0.3) is 0 Å². The highest BCUT2D eigenvalue weighted by Crippen LogP contribution is 2.20. The number of hydrogen-bond donors (Lipinski definition) is 2. The lowest BCUT2D eigenvalue weighted by Crippen LogP contribution is -2.47. The summed E-state index contributed by atoms with van der Waals surface area (Å²) in [4.78, 5) is 13.6. The van der Waals surface area contributed by atoms with Crippen LogP contribution in [0.3, 0.4) is 0 Å². The second-order valence-electron chi connectivity index (χ2n) is 4.42. The molecule has 0 aliphatic carbocycles. The molecule has 0 radical (unpaired) electrons. The van der Waals surface area contributed by atoms with Crippen LogP contribution in [0.15, 0.2) is 0 Å². The van der Waals surface area contributed by atoms with Crippen molar-refractivity contribution < 1.29 is 9.90 Å². The summed E-state index contributed by atoms with van der Waals surface area (Å²) in [5, 5.41) is 9.43. The van der Waals surface area contributed by atoms with Crippen LogP contribution in [0.1, 0.15) is 33.1 Å². The number of aliphatic hydroxyl groups excluding tert-OH is 1. The highest BCUT2D eigenvalue weighted by Gasteiger charge is 2.27. The standard InChI is InChI=1S/C11H22N2O2/c1-3-10(12)11(15)13-6-4-9(5-7-13)8(2)14/h8-10,14H,3-7,12H2,1-2H3/t8?,10-/m1/s1. The number of carbonyl (C=O) groups is 1. The first kappa shape index (κ1) is 12.5. The molecule has 4 heteroatoms. The third-order valence-electron chi connectivity index (χ3n) is 3.29. The average molecular weight is 214 g/mol. The molecule has 1 amide bonds. The van der Waals surface area contributed by atoms with Crippen LogP contribution in [0.2, 0.25) is 0 Å². The minimum absolute atomic E-state index is 0.0570. The predicted octanol–water partition coefficient (Wildman–Crippen LogP) is 0.343. The Kier molecular flexibility index (Phi) is 4.54. The van der Waals surface area contributed by atoms with Gasteiger partial charge < -0.3 is 15.7 Å². The third-order valence-corrected chi connectivity index (χ3v) is 3.29. The molecular weight excluding hydrogens is 192 g/mol. The highest BCUT2D eigenvalue weighted by molar-refractivity contribution is 5.81. The second kappa shape index (κ2) is 5.47. The number of aliphatic hydroxyl groups is 1. The van der Waals surface area contributed by atoms with Gasteiger partial charge in [0.15, 0.2) is 0 Å². The summed E-state index contributed by atoms with van der Waals surface area (Å²) < 4.78 is 0. The largest absolute Gasteiger partial charge is 0.393 e. The van der Waals surface area contributed by atoms with E-state index in [0.717, 1.165) is 25.9 Å². The fourth-order valence-electron chi connectivity index (χ4n) is 2.01. The Bertz CT molecular complexity index is 211. The van der Waals surface area contributed by atoms with E-state index in [0.29, 0.717) is 12.3 Å². The van der Waals surface area contributed by atoms with Gasteiger partial charge in [-0.1, -0.05) is 6.92 Å². The number of carbonyl (C=O) groups excluding carboxylic acids is 1. The summed E-state index contributed by atoms with van der Waals surface area (Å²) in [6, 6.07) is -0.354. The summed E-state index contributed by atoms with van der Waals surface area (Å²) in [5.41, 5.74) is 5.70. The molecule has 0 aromatic carbocycles. The molecule has 0 bridgehead atoms. The van der Waals surface area contributed by atoms with Gasteiger partial charge in [-0.3, -0.25) is 4.79 Å². The minimum atomic E-state index is -0.354. The molecule has 2 atom stereocenters. The van der Waals surface area contributed by atoms with E-state index in [1.165, 1.54) is 0 Å². The summed E-state index contributed by atoms with van der Waals surface area (Å²) in [5.74, 6) is 0.397. The van der Waals surface area contributed by atoms with Gasteiger partial charge in [0.1, 0.15) is 0 Å². The first-order valence-corrected chi connectivity index (χ1v) is 5.78. The van der Waals surface area contributed by atoms with Gasteiger partial charge in [-0.05, 0) is 32.1 Å². The number of hydrogen-bond acceptors (Lipinski definition) is 3. The van der Waals surface area contributed by atoms with Gasteiger partial charge in [0.2, 0.25) is 5.91 Å². The molecule has 1 saturated heterocycles. The Morgan fingerprint density at radius 3 is 2.47 bits per heavy atom. The van der Waals surface area contributed by atoms with E-state index in [1.807, 2.05) is 18.7 Å². The van der Waals surface area contributed by atoms with E-state index in [9.17, 15) is 9.90 Å². The summed E-state index contributed by atoms with van der Waals surface area (Å²) in [6.45, 7) is 5.22. The SMILES string of the molecule is CC[C@@H](N)C(=O)N1CCC(C(C)O)CC1. The summed E-state index contributed by atoms with van der Waals surface area (Å²) in [6.07, 6.45) is 2.21. The molecule has 0 spiro atoms. The van der Waals surface area contributed by atoms with Crippen molar-refractivity contribution in [2.45, 2.75) is 45.3 Å². The monoisotopic (exact) mass is 214 g/mol. The van der Waals surface area contributed by atoms with E-state index in [4.69, 9.17) is 5.73 Å². The lowest BCUT2D eigenvalue weighted by molar-refractivity contribution is -0.134. The molecule has 1 unspecified atom stereocenters. The zero-order valence-electron chi connectivity index (χ0n) is 9.65. The first-order valence-electron chi connectivity index (χ1n) is 5.78. The fraction of sp³-hybridized carbons (Fsp3) is 0.909. The van der Waals surface area contributed by atoms with Crippen molar-refractivity contribution in [3.8, 4) is 0 Å². The third kappa shape index (κ3) is 3.18. The summed E-state index contributed by atoms with van der Waals surface area (Å²) >= 11 is 0. The lowest BCUT2D eigenvalue weighted by Gasteiger charge is -2.34. The summed E-state index contributed by atoms with van der Waals surface area (Å²) in [7, 11) is 0. The van der Waals surface area contributed by atoms with E-state index in [2.05, 4.69) is 0 Å². The smallest absolute Gasteiger partial charge is 0.239 e. The fourth-order valence-corrected chi connectivity index (χ4v) is 2.01. The lowest BCUT2D eigenvalue weighted by atomic mass is 9.92. The number of likely N-dealkylation sites (tertiary alicyclic amines) is 1. The van der Waals surface area contributed by atoms with Crippen molar-refractivity contribution in [3.05, 3.63) is 0 Å². The van der Waals surface area contributed by atoms with Crippen LogP contribution in [0, 0.1) is 5.92 Å². The van der Waals surface area contributed by atoms with E-state index < -0.39 is 0 Å². The molecule has 4 nitrogen and oxygen atoms in total. The number of nitrogens with zero attached hydrogens (tertiary/aromatic N) is 1. The molecule has 1 aliphatic heterocycles. The number of piperidine rings is 1. The number of rotatable bonds is 3. The normalized spacial score (nSPS) is 22.5. The van der Waals surface area contributed by atoms with Crippen LogP contribution in [-0.2, 0) is 4.79 Å². The van der Waals surface area contributed by atoms with Crippen LogP contribution in [0.5, 0.6) is 0 Å². The van der Waals surface area contributed by atoms with Gasteiger partial charge in [0.05, 0.1) is 12.1 Å². The molecule has 3 N–H and O–H groups in total. The van der Waals surface area contributed by atoms with Crippen LogP contribution < -0.4 is 5.73 Å². The minimum Gasteiger partial charge on any atom is -0.393 e. The van der Waals surface area contributed by atoms with Crippen LogP contribution in [-0.4, -0.2) is 41.1 Å². The van der Waals surface area contributed by atoms with Gasteiger partial charge >= 0.3 is 0 Å².